The van der Waals surface area contributed by atoms with E-state index in [2.05, 4.69) is 25.5 Å². The number of nitrogens with one attached hydrogen (secondary N) is 1. The maximum Gasteiger partial charge on any atom is 0.317 e. The van der Waals surface area contributed by atoms with E-state index in [1.165, 1.54) is 6.07 Å². The number of carbonyl (C=O) groups is 1. The van der Waals surface area contributed by atoms with Gasteiger partial charge in [0.2, 0.25) is 0 Å². The first-order valence-corrected chi connectivity index (χ1v) is 14.2. The number of rotatable bonds is 7. The number of hydrogen-bond donors (Lipinski definition) is 1. The first-order valence-electron chi connectivity index (χ1n) is 13.4. The van der Waals surface area contributed by atoms with E-state index in [4.69, 9.17) is 14.4 Å². The van der Waals surface area contributed by atoms with Crippen molar-refractivity contribution in [2.75, 3.05) is 5.32 Å². The van der Waals surface area contributed by atoms with Crippen LogP contribution >= 0.6 is 11.3 Å². The van der Waals surface area contributed by atoms with Crippen molar-refractivity contribution in [3.05, 3.63) is 94.3 Å². The first kappa shape index (κ1) is 25.3. The molecule has 7 rings (SSSR count). The third-order valence-corrected chi connectivity index (χ3v) is 8.34. The van der Waals surface area contributed by atoms with E-state index in [0.717, 1.165) is 46.1 Å². The number of aryl methyl sites for hydroxylation is 1. The number of anilines is 1. The lowest BCUT2D eigenvalue weighted by Gasteiger charge is -2.11. The smallest absolute Gasteiger partial charge is 0.317 e. The Kier molecular flexibility index (Phi) is 6.43. The zero-order chi connectivity index (χ0) is 27.9. The summed E-state index contributed by atoms with van der Waals surface area (Å²) in [5, 5.41) is 12.4. The Hall–Kier alpha value is -4.64. The highest BCUT2D eigenvalue weighted by atomic mass is 32.1. The van der Waals surface area contributed by atoms with Crippen LogP contribution in [0, 0.1) is 5.82 Å². The van der Waals surface area contributed by atoms with Gasteiger partial charge in [-0.2, -0.15) is 0 Å². The molecule has 1 fully saturated rings. The number of aromatic nitrogens is 5. The molecule has 3 aromatic heterocycles. The van der Waals surface area contributed by atoms with Crippen LogP contribution in [0.25, 0.3) is 22.0 Å². The predicted octanol–water partition coefficient (Wildman–Crippen LogP) is 5.63. The lowest BCUT2D eigenvalue weighted by molar-refractivity contribution is -0.119. The fourth-order valence-corrected chi connectivity index (χ4v) is 5.97. The maximum atomic E-state index is 14.9. The second-order valence-corrected chi connectivity index (χ2v) is 11.0. The standard InChI is InChI=1S/C30H24FN7O2S/c1-2-23-32-14-18(15-33-23)26-25(35-29(41-26)17-11-12-17)28-37-38-30(40-28)36-27-22(39)13-20-19(9-6-10-21(20)31)24(34-27)16-7-4-3-5-8-16/h3-10,14-15,17,27H,2,11-13H2,1H3,(H,36,38)/t27-/m0/s1. The molecular weight excluding hydrogens is 541 g/mol. The zero-order valence-electron chi connectivity index (χ0n) is 22.0. The third-order valence-electron chi connectivity index (χ3n) is 7.08. The number of hydrogen-bond acceptors (Lipinski definition) is 10. The summed E-state index contributed by atoms with van der Waals surface area (Å²) in [5.74, 6) is 0.643. The SMILES string of the molecule is CCc1ncc(-c2sc(C3CC3)nc2-c2nnc(N[C@@H]3N=C(c4ccccc4)c4cccc(F)c4CC3=O)o2)cn1. The topological polar surface area (TPSA) is 119 Å². The summed E-state index contributed by atoms with van der Waals surface area (Å²) in [6.45, 7) is 2.01. The van der Waals surface area contributed by atoms with Gasteiger partial charge in [0.05, 0.1) is 15.6 Å². The second kappa shape index (κ2) is 10.4. The molecule has 204 valence electrons. The highest BCUT2D eigenvalue weighted by molar-refractivity contribution is 7.15. The van der Waals surface area contributed by atoms with Gasteiger partial charge in [0.25, 0.3) is 5.89 Å². The van der Waals surface area contributed by atoms with Crippen LogP contribution in [0.5, 0.6) is 0 Å². The summed E-state index contributed by atoms with van der Waals surface area (Å²) in [6, 6.07) is 14.2. The van der Waals surface area contributed by atoms with Crippen molar-refractivity contribution in [3.63, 3.8) is 0 Å². The average Bonchev–Trinajstić information content (AvgIpc) is 3.62. The van der Waals surface area contributed by atoms with Gasteiger partial charge in [0.1, 0.15) is 17.3 Å². The molecule has 0 spiro atoms. The minimum absolute atomic E-state index is 0.0189. The Labute approximate surface area is 238 Å². The number of carbonyl (C=O) groups excluding carboxylic acids is 1. The minimum atomic E-state index is -1.06. The number of halogens is 1. The summed E-state index contributed by atoms with van der Waals surface area (Å²) >= 11 is 1.58. The van der Waals surface area contributed by atoms with Gasteiger partial charge in [-0.3, -0.25) is 9.79 Å². The molecule has 0 radical (unpaired) electrons. The first-order chi connectivity index (χ1) is 20.1. The average molecular weight is 566 g/mol. The van der Waals surface area contributed by atoms with Crippen LogP contribution in [-0.2, 0) is 17.6 Å². The lowest BCUT2D eigenvalue weighted by atomic mass is 9.95. The van der Waals surface area contributed by atoms with Crippen LogP contribution in [-0.4, -0.2) is 42.8 Å². The van der Waals surface area contributed by atoms with Crippen LogP contribution in [0.15, 0.2) is 70.3 Å². The monoisotopic (exact) mass is 565 g/mol. The Balaban J connectivity index is 1.23. The van der Waals surface area contributed by atoms with E-state index < -0.39 is 12.0 Å². The van der Waals surface area contributed by atoms with E-state index in [9.17, 15) is 9.18 Å². The molecule has 5 aromatic rings. The van der Waals surface area contributed by atoms with Gasteiger partial charge in [-0.05, 0) is 18.9 Å². The number of benzene rings is 2. The molecule has 1 aliphatic heterocycles. The Morgan fingerprint density at radius 2 is 1.83 bits per heavy atom. The number of nitrogens with zero attached hydrogens (tertiary/aromatic N) is 6. The van der Waals surface area contributed by atoms with E-state index in [-0.39, 0.29) is 24.1 Å². The maximum absolute atomic E-state index is 14.9. The second-order valence-electron chi connectivity index (χ2n) is 9.96. The molecule has 1 aliphatic carbocycles. The molecular formula is C30H24FN7O2S. The van der Waals surface area contributed by atoms with Crippen molar-refractivity contribution in [1.29, 1.82) is 0 Å². The van der Waals surface area contributed by atoms with Crippen LogP contribution in [0.1, 0.15) is 53.2 Å². The van der Waals surface area contributed by atoms with Crippen LogP contribution in [0.4, 0.5) is 10.4 Å². The summed E-state index contributed by atoms with van der Waals surface area (Å²) in [7, 11) is 0. The van der Waals surface area contributed by atoms with Gasteiger partial charge < -0.3 is 9.73 Å². The van der Waals surface area contributed by atoms with E-state index in [1.54, 1.807) is 35.9 Å². The quantitative estimate of drug-likeness (QED) is 0.270. The van der Waals surface area contributed by atoms with Crippen molar-refractivity contribution >= 4 is 28.8 Å². The molecule has 1 saturated carbocycles. The third kappa shape index (κ3) is 4.93. The Bertz CT molecular complexity index is 1780. The molecule has 41 heavy (non-hydrogen) atoms. The van der Waals surface area contributed by atoms with E-state index in [1.807, 2.05) is 37.3 Å². The summed E-state index contributed by atoms with van der Waals surface area (Å²) in [5.41, 5.74) is 3.55. The number of ketones is 1. The normalized spacial score (nSPS) is 16.7. The van der Waals surface area contributed by atoms with Gasteiger partial charge in [0, 0.05) is 53.4 Å². The van der Waals surface area contributed by atoms with Crippen molar-refractivity contribution in [2.45, 2.75) is 44.7 Å². The van der Waals surface area contributed by atoms with Gasteiger partial charge >= 0.3 is 6.01 Å². The van der Waals surface area contributed by atoms with E-state index in [0.29, 0.717) is 28.5 Å². The molecule has 0 amide bonds. The molecule has 0 unspecified atom stereocenters. The molecule has 1 atom stereocenters. The number of Topliss-reactive ketones (excluding diaryl/α,β-unsaturated/α-hetero) is 1. The fourth-order valence-electron chi connectivity index (χ4n) is 4.77. The number of thiazole rings is 1. The van der Waals surface area contributed by atoms with Crippen LogP contribution < -0.4 is 5.32 Å². The molecule has 4 heterocycles. The van der Waals surface area contributed by atoms with Crippen molar-refractivity contribution in [3.8, 4) is 22.0 Å². The number of fused-ring (bicyclic) bond motifs is 1. The molecule has 1 N–H and O–H groups in total. The largest absolute Gasteiger partial charge is 0.402 e. The lowest BCUT2D eigenvalue weighted by Crippen LogP contribution is -2.29. The molecule has 0 bridgehead atoms. The van der Waals surface area contributed by atoms with Gasteiger partial charge in [-0.1, -0.05) is 54.5 Å². The minimum Gasteiger partial charge on any atom is -0.402 e. The van der Waals surface area contributed by atoms with Crippen LogP contribution in [0.3, 0.4) is 0 Å². The molecule has 2 aromatic carbocycles. The molecule has 2 aliphatic rings. The van der Waals surface area contributed by atoms with Gasteiger partial charge in [-0.15, -0.1) is 16.4 Å². The summed E-state index contributed by atoms with van der Waals surface area (Å²) in [4.78, 5) is 32.6. The molecule has 0 saturated heterocycles. The predicted molar refractivity (Wildman–Crippen MR) is 152 cm³/mol. The Morgan fingerprint density at radius 3 is 2.59 bits per heavy atom. The zero-order valence-corrected chi connectivity index (χ0v) is 22.9. The van der Waals surface area contributed by atoms with Crippen molar-refractivity contribution in [2.24, 2.45) is 4.99 Å². The Morgan fingerprint density at radius 1 is 1.02 bits per heavy atom. The van der Waals surface area contributed by atoms with Gasteiger partial charge in [-0.25, -0.2) is 19.3 Å². The number of aliphatic imine (C=N–C) groups is 1. The summed E-state index contributed by atoms with van der Waals surface area (Å²) < 4.78 is 20.9. The molecule has 11 heteroatoms. The fraction of sp³-hybridized carbons (Fsp3) is 0.233. The van der Waals surface area contributed by atoms with Gasteiger partial charge in [0.15, 0.2) is 11.9 Å². The van der Waals surface area contributed by atoms with Crippen LogP contribution in [0.2, 0.25) is 0 Å². The highest BCUT2D eigenvalue weighted by Crippen LogP contribution is 2.46. The summed E-state index contributed by atoms with van der Waals surface area (Å²) in [6.07, 6.45) is 5.33. The highest BCUT2D eigenvalue weighted by Gasteiger charge is 2.32. The van der Waals surface area contributed by atoms with Crippen molar-refractivity contribution in [1.82, 2.24) is 25.1 Å². The van der Waals surface area contributed by atoms with E-state index >= 15 is 0 Å². The van der Waals surface area contributed by atoms with Crippen molar-refractivity contribution < 1.29 is 13.6 Å². The molecule has 9 nitrogen and oxygen atoms in total.